The Labute approximate surface area is 208 Å². The van der Waals surface area contributed by atoms with Gasteiger partial charge in [-0.1, -0.05) is 49.1 Å². The van der Waals surface area contributed by atoms with E-state index in [0.29, 0.717) is 30.2 Å². The summed E-state index contributed by atoms with van der Waals surface area (Å²) >= 11 is 7.63. The topological polar surface area (TPSA) is 67.2 Å². The maximum atomic E-state index is 13.8. The lowest BCUT2D eigenvalue weighted by Gasteiger charge is -2.44. The standard InChI is InChI=1S/C26H29ClN4O2S/c1-26(25(33)28-20-6-3-2-4-7-20)17-31-22(16-21(29-31)23-8-5-15-34-23)24(32)30(26)14-13-18-9-11-19(27)12-10-18/h5,8-12,15-16,20H,2-4,6-7,13-14,17H2,1H3,(H,28,33)/t26-/m0/s1. The van der Waals surface area contributed by atoms with Crippen LogP contribution in [0.5, 0.6) is 0 Å². The summed E-state index contributed by atoms with van der Waals surface area (Å²) in [7, 11) is 0. The van der Waals surface area contributed by atoms with Gasteiger partial charge in [0.1, 0.15) is 16.9 Å². The summed E-state index contributed by atoms with van der Waals surface area (Å²) in [5, 5.41) is 10.7. The van der Waals surface area contributed by atoms with Crippen LogP contribution >= 0.6 is 22.9 Å². The SMILES string of the molecule is C[C@@]1(C(=O)NC2CCCCC2)Cn2nc(-c3cccs3)cc2C(=O)N1CCc1ccc(Cl)cc1. The van der Waals surface area contributed by atoms with Crippen LogP contribution in [-0.2, 0) is 17.8 Å². The zero-order valence-electron chi connectivity index (χ0n) is 19.3. The molecule has 5 rings (SSSR count). The van der Waals surface area contributed by atoms with Crippen molar-refractivity contribution in [2.45, 2.75) is 63.6 Å². The van der Waals surface area contributed by atoms with Gasteiger partial charge in [0.15, 0.2) is 0 Å². The smallest absolute Gasteiger partial charge is 0.273 e. The molecule has 0 unspecified atom stereocenters. The maximum absolute atomic E-state index is 13.8. The van der Waals surface area contributed by atoms with Crippen molar-refractivity contribution in [2.24, 2.45) is 0 Å². The Balaban J connectivity index is 1.45. The molecule has 0 radical (unpaired) electrons. The van der Waals surface area contributed by atoms with E-state index in [0.717, 1.165) is 41.8 Å². The lowest BCUT2D eigenvalue weighted by Crippen LogP contribution is -2.65. The number of hydrogen-bond donors (Lipinski definition) is 1. The number of hydrogen-bond acceptors (Lipinski definition) is 4. The third-order valence-corrected chi connectivity index (χ3v) is 8.18. The number of benzene rings is 1. The summed E-state index contributed by atoms with van der Waals surface area (Å²) in [6, 6.07) is 13.6. The van der Waals surface area contributed by atoms with Gasteiger partial charge >= 0.3 is 0 Å². The molecule has 3 aromatic rings. The number of aromatic nitrogens is 2. The second-order valence-corrected chi connectivity index (χ2v) is 10.8. The average molecular weight is 497 g/mol. The average Bonchev–Trinajstić information content (AvgIpc) is 3.51. The molecule has 1 aliphatic heterocycles. The third kappa shape index (κ3) is 4.51. The number of rotatable bonds is 6. The summed E-state index contributed by atoms with van der Waals surface area (Å²) in [5.74, 6) is -0.250. The molecular formula is C26H29ClN4O2S. The van der Waals surface area contributed by atoms with Crippen LogP contribution in [0.25, 0.3) is 10.6 Å². The Morgan fingerprint density at radius 2 is 1.97 bits per heavy atom. The van der Waals surface area contributed by atoms with Crippen LogP contribution < -0.4 is 5.32 Å². The van der Waals surface area contributed by atoms with Crippen LogP contribution in [0, 0.1) is 0 Å². The first-order valence-corrected chi connectivity index (χ1v) is 13.2. The van der Waals surface area contributed by atoms with Gasteiger partial charge in [-0.05, 0) is 61.4 Å². The number of thiophene rings is 1. The molecule has 0 bridgehead atoms. The van der Waals surface area contributed by atoms with Crippen molar-refractivity contribution in [1.29, 1.82) is 0 Å². The van der Waals surface area contributed by atoms with Gasteiger partial charge in [0.2, 0.25) is 5.91 Å². The van der Waals surface area contributed by atoms with Crippen molar-refractivity contribution in [2.75, 3.05) is 6.54 Å². The number of fused-ring (bicyclic) bond motifs is 1. The Bertz CT molecular complexity index is 1170. The predicted octanol–water partition coefficient (Wildman–Crippen LogP) is 5.17. The second-order valence-electron chi connectivity index (χ2n) is 9.47. The molecule has 1 fully saturated rings. The lowest BCUT2D eigenvalue weighted by atomic mass is 9.91. The van der Waals surface area contributed by atoms with Crippen LogP contribution in [0.4, 0.5) is 0 Å². The molecule has 0 spiro atoms. The van der Waals surface area contributed by atoms with Crippen molar-refractivity contribution in [3.05, 3.63) is 64.1 Å². The van der Waals surface area contributed by atoms with Gasteiger partial charge in [0.25, 0.3) is 5.91 Å². The quantitative estimate of drug-likeness (QED) is 0.512. The fourth-order valence-electron chi connectivity index (χ4n) is 5.02. The fourth-order valence-corrected chi connectivity index (χ4v) is 5.82. The largest absolute Gasteiger partial charge is 0.351 e. The minimum absolute atomic E-state index is 0.0947. The predicted molar refractivity (Wildman–Crippen MR) is 135 cm³/mol. The minimum atomic E-state index is -1.02. The van der Waals surface area contributed by atoms with Gasteiger partial charge in [0.05, 0.1) is 11.4 Å². The molecule has 0 saturated heterocycles. The van der Waals surface area contributed by atoms with Crippen molar-refractivity contribution < 1.29 is 9.59 Å². The van der Waals surface area contributed by atoms with E-state index < -0.39 is 5.54 Å². The number of carbonyl (C=O) groups excluding carboxylic acids is 2. The van der Waals surface area contributed by atoms with E-state index >= 15 is 0 Å². The van der Waals surface area contributed by atoms with E-state index in [4.69, 9.17) is 16.7 Å². The summed E-state index contributed by atoms with van der Waals surface area (Å²) in [5.41, 5.74) is 1.35. The van der Waals surface area contributed by atoms with Gasteiger partial charge in [-0.2, -0.15) is 5.10 Å². The summed E-state index contributed by atoms with van der Waals surface area (Å²) in [4.78, 5) is 30.2. The fraction of sp³-hybridized carbons (Fsp3) is 0.423. The summed E-state index contributed by atoms with van der Waals surface area (Å²) < 4.78 is 1.72. The van der Waals surface area contributed by atoms with Gasteiger partial charge in [-0.25, -0.2) is 0 Å². The molecule has 1 aromatic carbocycles. The minimum Gasteiger partial charge on any atom is -0.351 e. The van der Waals surface area contributed by atoms with Crippen molar-refractivity contribution in [3.8, 4) is 10.6 Å². The molecule has 34 heavy (non-hydrogen) atoms. The number of amides is 2. The van der Waals surface area contributed by atoms with Gasteiger partial charge in [-0.3, -0.25) is 14.3 Å². The number of nitrogens with zero attached hydrogens (tertiary/aromatic N) is 3. The Morgan fingerprint density at radius 3 is 2.68 bits per heavy atom. The molecular weight excluding hydrogens is 468 g/mol. The molecule has 8 heteroatoms. The zero-order chi connectivity index (χ0) is 23.7. The van der Waals surface area contributed by atoms with E-state index in [9.17, 15) is 9.59 Å². The number of halogens is 1. The number of nitrogens with one attached hydrogen (secondary N) is 1. The zero-order valence-corrected chi connectivity index (χ0v) is 20.9. The van der Waals surface area contributed by atoms with E-state index in [1.807, 2.05) is 54.8 Å². The highest BCUT2D eigenvalue weighted by atomic mass is 35.5. The third-order valence-electron chi connectivity index (χ3n) is 7.04. The monoisotopic (exact) mass is 496 g/mol. The van der Waals surface area contributed by atoms with Crippen LogP contribution in [0.1, 0.15) is 55.1 Å². The Kier molecular flexibility index (Phi) is 6.49. The summed E-state index contributed by atoms with van der Waals surface area (Å²) in [6.07, 6.45) is 6.12. The molecule has 2 amide bonds. The second kappa shape index (κ2) is 9.55. The molecule has 1 atom stereocenters. The van der Waals surface area contributed by atoms with Crippen LogP contribution in [0.2, 0.25) is 5.02 Å². The Morgan fingerprint density at radius 1 is 1.21 bits per heavy atom. The maximum Gasteiger partial charge on any atom is 0.273 e. The Hall–Kier alpha value is -2.64. The van der Waals surface area contributed by atoms with E-state index in [1.165, 1.54) is 6.42 Å². The molecule has 3 heterocycles. The first-order valence-electron chi connectivity index (χ1n) is 11.9. The lowest BCUT2D eigenvalue weighted by molar-refractivity contribution is -0.134. The van der Waals surface area contributed by atoms with E-state index in [2.05, 4.69) is 5.32 Å². The van der Waals surface area contributed by atoms with Crippen molar-refractivity contribution in [3.63, 3.8) is 0 Å². The van der Waals surface area contributed by atoms with Crippen LogP contribution in [-0.4, -0.2) is 44.6 Å². The van der Waals surface area contributed by atoms with Crippen LogP contribution in [0.15, 0.2) is 47.8 Å². The molecule has 2 aliphatic rings. The van der Waals surface area contributed by atoms with Gasteiger partial charge < -0.3 is 10.2 Å². The van der Waals surface area contributed by atoms with Crippen molar-refractivity contribution in [1.82, 2.24) is 20.0 Å². The molecule has 6 nitrogen and oxygen atoms in total. The molecule has 1 N–H and O–H groups in total. The first-order chi connectivity index (χ1) is 16.4. The summed E-state index contributed by atoms with van der Waals surface area (Å²) in [6.45, 7) is 2.65. The molecule has 2 aromatic heterocycles. The highest BCUT2D eigenvalue weighted by molar-refractivity contribution is 7.13. The molecule has 178 valence electrons. The van der Waals surface area contributed by atoms with Crippen molar-refractivity contribution >= 4 is 34.8 Å². The van der Waals surface area contributed by atoms with Crippen LogP contribution in [0.3, 0.4) is 0 Å². The highest BCUT2D eigenvalue weighted by Crippen LogP contribution is 2.32. The van der Waals surface area contributed by atoms with Gasteiger partial charge in [0, 0.05) is 17.6 Å². The highest BCUT2D eigenvalue weighted by Gasteiger charge is 2.48. The van der Waals surface area contributed by atoms with E-state index in [-0.39, 0.29) is 17.9 Å². The first kappa shape index (κ1) is 23.1. The molecule has 1 aliphatic carbocycles. The normalized spacial score (nSPS) is 20.9. The van der Waals surface area contributed by atoms with E-state index in [1.54, 1.807) is 20.9 Å². The molecule has 1 saturated carbocycles. The van der Waals surface area contributed by atoms with Gasteiger partial charge in [-0.15, -0.1) is 11.3 Å². The number of carbonyl (C=O) groups is 2.